The molecule has 5 aromatic rings. The van der Waals surface area contributed by atoms with Crippen molar-refractivity contribution in [3.05, 3.63) is 111 Å². The minimum Gasteiger partial charge on any atom is -0.489 e. The summed E-state index contributed by atoms with van der Waals surface area (Å²) in [6.07, 6.45) is 1.50. The predicted octanol–water partition coefficient (Wildman–Crippen LogP) is 5.29. The number of nitrogens with zero attached hydrogens (tertiary/aromatic N) is 4. The Labute approximate surface area is 205 Å². The fourth-order valence-corrected chi connectivity index (χ4v) is 4.76. The van der Waals surface area contributed by atoms with E-state index in [4.69, 9.17) is 20.5 Å². The molecular formula is C27H21ClN4O2. The highest BCUT2D eigenvalue weighted by Gasteiger charge is 2.22. The van der Waals surface area contributed by atoms with E-state index in [-0.39, 0.29) is 12.6 Å². The molecule has 0 fully saturated rings. The van der Waals surface area contributed by atoms with Crippen molar-refractivity contribution in [2.75, 3.05) is 0 Å². The minimum atomic E-state index is -2.64. The Morgan fingerprint density at radius 1 is 1.09 bits per heavy atom. The molecule has 0 radical (unpaired) electrons. The number of fused-ring (bicyclic) bond motifs is 6. The predicted molar refractivity (Wildman–Crippen MR) is 132 cm³/mol. The molecule has 0 unspecified atom stereocenters. The molecule has 0 amide bonds. The van der Waals surface area contributed by atoms with Gasteiger partial charge in [0.05, 0.1) is 5.52 Å². The summed E-state index contributed by atoms with van der Waals surface area (Å²) in [6, 6.07) is 19.6. The molecule has 1 aliphatic heterocycles. The van der Waals surface area contributed by atoms with Gasteiger partial charge in [0.2, 0.25) is 0 Å². The Kier molecular flexibility index (Phi) is 4.05. The maximum atomic E-state index is 13.1. The molecule has 3 heterocycles. The smallest absolute Gasteiger partial charge is 0.251 e. The maximum absolute atomic E-state index is 13.1. The van der Waals surface area contributed by atoms with Crippen LogP contribution in [0.15, 0.2) is 77.9 Å². The summed E-state index contributed by atoms with van der Waals surface area (Å²) in [4.78, 5) is 17.4. The van der Waals surface area contributed by atoms with Crippen molar-refractivity contribution in [3.8, 4) is 16.9 Å². The first kappa shape index (κ1) is 17.6. The zero-order valence-corrected chi connectivity index (χ0v) is 19.0. The fourth-order valence-electron chi connectivity index (χ4n) is 4.58. The third-order valence-electron chi connectivity index (χ3n) is 6.28. The summed E-state index contributed by atoms with van der Waals surface area (Å²) in [7, 11) is 0. The van der Waals surface area contributed by atoms with Gasteiger partial charge in [0, 0.05) is 33.1 Å². The van der Waals surface area contributed by atoms with Crippen molar-refractivity contribution in [1.29, 1.82) is 0 Å². The quantitative estimate of drug-likeness (QED) is 0.333. The Balaban J connectivity index is 1.74. The van der Waals surface area contributed by atoms with Gasteiger partial charge in [-0.05, 0) is 65.6 Å². The van der Waals surface area contributed by atoms with E-state index in [2.05, 4.69) is 10.1 Å². The molecule has 6 bridgehead atoms. The Morgan fingerprint density at radius 3 is 2.76 bits per heavy atom. The molecule has 0 spiro atoms. The Morgan fingerprint density at radius 2 is 1.94 bits per heavy atom. The van der Waals surface area contributed by atoms with Gasteiger partial charge in [0.1, 0.15) is 30.5 Å². The van der Waals surface area contributed by atoms with Crippen LogP contribution < -0.4 is 10.3 Å². The number of hydrogen-bond acceptors (Lipinski definition) is 4. The lowest BCUT2D eigenvalue weighted by Crippen LogP contribution is -2.18. The van der Waals surface area contributed by atoms with Crippen LogP contribution in [0.1, 0.15) is 32.7 Å². The third-order valence-corrected chi connectivity index (χ3v) is 6.65. The van der Waals surface area contributed by atoms with Gasteiger partial charge < -0.3 is 9.30 Å². The summed E-state index contributed by atoms with van der Waals surface area (Å²) >= 11 is 6.54. The molecule has 2 aromatic heterocycles. The van der Waals surface area contributed by atoms with Gasteiger partial charge >= 0.3 is 0 Å². The molecule has 0 N–H and O–H groups in total. The van der Waals surface area contributed by atoms with Crippen LogP contribution in [-0.2, 0) is 13.6 Å². The summed E-state index contributed by atoms with van der Waals surface area (Å²) in [6.45, 7) is -0.527. The average molecular weight is 472 g/mol. The highest BCUT2D eigenvalue weighted by molar-refractivity contribution is 6.31. The first-order valence-electron chi connectivity index (χ1n) is 12.3. The molecule has 0 saturated carbocycles. The molecule has 0 aliphatic carbocycles. The molecule has 168 valence electrons. The van der Waals surface area contributed by atoms with Gasteiger partial charge in [-0.25, -0.2) is 9.67 Å². The molecular weight excluding hydrogens is 448 g/mol. The van der Waals surface area contributed by atoms with Crippen LogP contribution in [0.4, 0.5) is 0 Å². The van der Waals surface area contributed by atoms with Gasteiger partial charge in [-0.3, -0.25) is 4.79 Å². The van der Waals surface area contributed by atoms with Crippen molar-refractivity contribution < 1.29 is 8.85 Å². The normalized spacial score (nSPS) is 16.5. The third kappa shape index (κ3) is 3.30. The van der Waals surface area contributed by atoms with Crippen molar-refractivity contribution in [1.82, 2.24) is 19.3 Å². The summed E-state index contributed by atoms with van der Waals surface area (Å²) in [5, 5.41) is 5.70. The lowest BCUT2D eigenvalue weighted by atomic mass is 9.93. The molecule has 1 aliphatic rings. The number of pyridine rings is 1. The van der Waals surface area contributed by atoms with E-state index in [1.165, 1.54) is 12.4 Å². The van der Waals surface area contributed by atoms with Crippen molar-refractivity contribution in [2.45, 2.75) is 19.6 Å². The van der Waals surface area contributed by atoms with E-state index in [1.807, 2.05) is 66.2 Å². The highest BCUT2D eigenvalue weighted by Crippen LogP contribution is 2.36. The van der Waals surface area contributed by atoms with Gasteiger partial charge in [-0.15, -0.1) is 0 Å². The van der Waals surface area contributed by atoms with Crippen LogP contribution >= 0.6 is 11.6 Å². The van der Waals surface area contributed by atoms with Crippen LogP contribution in [0.5, 0.6) is 5.75 Å². The number of ether oxygens (including phenoxy) is 1. The number of hydrogen-bond donors (Lipinski definition) is 0. The van der Waals surface area contributed by atoms with E-state index < -0.39 is 12.5 Å². The van der Waals surface area contributed by atoms with E-state index in [1.54, 1.807) is 6.07 Å². The zero-order chi connectivity index (χ0) is 25.9. The number of aromatic nitrogens is 4. The second-order valence-corrected chi connectivity index (χ2v) is 8.74. The van der Waals surface area contributed by atoms with Crippen molar-refractivity contribution >= 4 is 22.5 Å². The average Bonchev–Trinajstić information content (AvgIpc) is 3.28. The lowest BCUT2D eigenvalue weighted by Gasteiger charge is -2.22. The van der Waals surface area contributed by atoms with E-state index in [9.17, 15) is 4.79 Å². The second kappa shape index (κ2) is 7.85. The monoisotopic (exact) mass is 471 g/mol. The maximum Gasteiger partial charge on any atom is 0.251 e. The number of rotatable bonds is 1. The number of halogens is 1. The van der Waals surface area contributed by atoms with Gasteiger partial charge in [-0.2, -0.15) is 5.10 Å². The summed E-state index contributed by atoms with van der Waals surface area (Å²) < 4.78 is 32.8. The van der Waals surface area contributed by atoms with Gasteiger partial charge in [0.15, 0.2) is 0 Å². The van der Waals surface area contributed by atoms with Crippen molar-refractivity contribution in [2.24, 2.45) is 6.98 Å². The minimum absolute atomic E-state index is 0.243. The van der Waals surface area contributed by atoms with Crippen molar-refractivity contribution in [3.63, 3.8) is 0 Å². The van der Waals surface area contributed by atoms with Crippen LogP contribution in [0.2, 0.25) is 5.02 Å². The highest BCUT2D eigenvalue weighted by atomic mass is 35.5. The molecule has 34 heavy (non-hydrogen) atoms. The van der Waals surface area contributed by atoms with Crippen LogP contribution in [0.3, 0.4) is 0 Å². The number of aryl methyl sites for hydroxylation is 2. The van der Waals surface area contributed by atoms with Crippen LogP contribution in [0.25, 0.3) is 22.0 Å². The van der Waals surface area contributed by atoms with E-state index in [0.29, 0.717) is 33.1 Å². The van der Waals surface area contributed by atoms with Crippen LogP contribution in [0, 0.1) is 6.92 Å². The summed E-state index contributed by atoms with van der Waals surface area (Å²) in [5.41, 5.74) is 3.64. The van der Waals surface area contributed by atoms with Crippen LogP contribution in [-0.4, -0.2) is 19.3 Å². The number of benzene rings is 3. The fraction of sp³-hybridized carbons (Fsp3) is 0.148. The Bertz CT molecular complexity index is 1740. The second-order valence-electron chi connectivity index (χ2n) is 8.33. The molecule has 7 heteroatoms. The van der Waals surface area contributed by atoms with E-state index in [0.717, 1.165) is 26.8 Å². The summed E-state index contributed by atoms with van der Waals surface area (Å²) in [5.74, 6) is 1.31. The SMILES string of the molecule is [2H]C([2H])([2H])n1c(=O)cc2c3cc(ccc31)[C@H](n1ncnc1C)c1ccc(Cl)c(c1)COc1cccc-2c1. The lowest BCUT2D eigenvalue weighted by molar-refractivity contribution is 0.306. The molecule has 1 atom stereocenters. The molecule has 0 saturated heterocycles. The van der Waals surface area contributed by atoms with E-state index >= 15 is 0 Å². The topological polar surface area (TPSA) is 61.9 Å². The van der Waals surface area contributed by atoms with Gasteiger partial charge in [0.25, 0.3) is 5.56 Å². The Hall–Kier alpha value is -3.90. The largest absolute Gasteiger partial charge is 0.489 e. The molecule has 3 aromatic carbocycles. The first-order chi connectivity index (χ1) is 17.7. The standard InChI is InChI=1S/C27H21ClN4O2/c1-16-29-15-30-32(16)27-18-6-8-24(28)20(10-18)14-34-21-5-3-4-17(11-21)22-13-26(33)31(2)25-9-7-19(27)12-23(22)25/h3-13,15,27H,14H2,1-2H3/t27-/m1/s1/i2D3. The zero-order valence-electron chi connectivity index (χ0n) is 21.2. The first-order valence-corrected chi connectivity index (χ1v) is 11.2. The molecule has 6 rings (SSSR count). The molecule has 6 nitrogen and oxygen atoms in total. The van der Waals surface area contributed by atoms with Gasteiger partial charge in [-0.1, -0.05) is 35.9 Å².